The van der Waals surface area contributed by atoms with E-state index in [0.29, 0.717) is 43.1 Å². The highest BCUT2D eigenvalue weighted by Gasteiger charge is 2.37. The maximum absolute atomic E-state index is 13.1. The van der Waals surface area contributed by atoms with E-state index in [9.17, 15) is 22.8 Å². The molecule has 0 bridgehead atoms. The summed E-state index contributed by atoms with van der Waals surface area (Å²) >= 11 is 0. The molecule has 1 unspecified atom stereocenters. The number of fused-ring (bicyclic) bond motifs is 1. The maximum atomic E-state index is 13.1. The number of carbonyl (C=O) groups is 2. The average molecular weight is 477 g/mol. The molecule has 1 saturated heterocycles. The Labute approximate surface area is 192 Å². The van der Waals surface area contributed by atoms with Gasteiger partial charge in [0, 0.05) is 35.6 Å². The predicted octanol–water partition coefficient (Wildman–Crippen LogP) is 2.45. The van der Waals surface area contributed by atoms with Crippen LogP contribution in [0.25, 0.3) is 5.78 Å². The van der Waals surface area contributed by atoms with Crippen molar-refractivity contribution in [3.63, 3.8) is 0 Å². The number of aryl methyl sites for hydroxylation is 2. The molecule has 1 fully saturated rings. The second-order valence-corrected chi connectivity index (χ2v) is 7.80. The molecule has 4 rings (SSSR count). The minimum Gasteiger partial charge on any atom is -0.447 e. The summed E-state index contributed by atoms with van der Waals surface area (Å²) in [7, 11) is 0. The van der Waals surface area contributed by atoms with Gasteiger partial charge in [-0.3, -0.25) is 9.59 Å². The Balaban J connectivity index is 1.59. The van der Waals surface area contributed by atoms with Gasteiger partial charge in [-0.25, -0.2) is 9.50 Å². The maximum Gasteiger partial charge on any atom is 0.453 e. The number of amides is 1. The number of alkyl halides is 3. The van der Waals surface area contributed by atoms with Crippen LogP contribution in [0.1, 0.15) is 34.4 Å². The summed E-state index contributed by atoms with van der Waals surface area (Å²) < 4.78 is 50.9. The fourth-order valence-corrected chi connectivity index (χ4v) is 3.74. The van der Waals surface area contributed by atoms with Crippen molar-refractivity contribution < 1.29 is 32.2 Å². The third kappa shape index (κ3) is 4.86. The fraction of sp³-hybridized carbons (Fsp3) is 0.409. The van der Waals surface area contributed by atoms with Gasteiger partial charge in [0.15, 0.2) is 0 Å². The molecule has 0 aliphatic carbocycles. The molecule has 0 N–H and O–H groups in total. The average Bonchev–Trinajstić information content (AvgIpc) is 3.26. The van der Waals surface area contributed by atoms with Crippen LogP contribution >= 0.6 is 0 Å². The number of carbonyl (C=O) groups excluding carboxylic acids is 2. The zero-order valence-corrected chi connectivity index (χ0v) is 18.5. The number of rotatable bonds is 5. The zero-order valence-electron chi connectivity index (χ0n) is 18.5. The van der Waals surface area contributed by atoms with Crippen LogP contribution in [0.5, 0.6) is 0 Å². The van der Waals surface area contributed by atoms with Crippen molar-refractivity contribution in [1.29, 1.82) is 0 Å². The lowest BCUT2D eigenvalue weighted by Gasteiger charge is -2.30. The summed E-state index contributed by atoms with van der Waals surface area (Å²) in [5, 5.41) is 3.48. The first-order valence-corrected chi connectivity index (χ1v) is 10.6. The van der Waals surface area contributed by atoms with Crippen LogP contribution in [-0.2, 0) is 31.7 Å². The predicted molar refractivity (Wildman–Crippen MR) is 112 cm³/mol. The fourth-order valence-electron chi connectivity index (χ4n) is 3.74. The first-order chi connectivity index (χ1) is 16.1. The molecule has 3 heterocycles. The highest BCUT2D eigenvalue weighted by molar-refractivity contribution is 5.85. The van der Waals surface area contributed by atoms with Gasteiger partial charge in [-0.1, -0.05) is 30.3 Å². The molecule has 1 amide bonds. The van der Waals surface area contributed by atoms with Crippen molar-refractivity contribution in [1.82, 2.24) is 24.5 Å². The standard InChI is InChI=1S/C22H22F3N5O4/c1-13-16(14(2)30-21(26-13)27-20(28-30)22(23,24)25)12-17(31)34-18(15-6-4-3-5-7-15)19(32)29-8-10-33-11-9-29/h3-7,18H,8-12H2,1-2H3. The van der Waals surface area contributed by atoms with E-state index in [0.717, 1.165) is 4.52 Å². The molecular weight excluding hydrogens is 455 g/mol. The van der Waals surface area contributed by atoms with Crippen LogP contribution in [-0.4, -0.2) is 62.7 Å². The van der Waals surface area contributed by atoms with E-state index in [-0.39, 0.29) is 23.8 Å². The van der Waals surface area contributed by atoms with Crippen molar-refractivity contribution >= 4 is 17.7 Å². The van der Waals surface area contributed by atoms with Crippen LogP contribution in [0.3, 0.4) is 0 Å². The second kappa shape index (κ2) is 9.37. The van der Waals surface area contributed by atoms with Gasteiger partial charge in [-0.15, -0.1) is 5.10 Å². The number of hydrogen-bond acceptors (Lipinski definition) is 7. The first-order valence-electron chi connectivity index (χ1n) is 10.6. The van der Waals surface area contributed by atoms with Crippen LogP contribution in [0.4, 0.5) is 13.2 Å². The Hall–Kier alpha value is -3.54. The van der Waals surface area contributed by atoms with E-state index < -0.39 is 24.1 Å². The Morgan fingerprint density at radius 1 is 1.12 bits per heavy atom. The lowest BCUT2D eigenvalue weighted by atomic mass is 10.1. The smallest absolute Gasteiger partial charge is 0.447 e. The molecular formula is C22H22F3N5O4. The Morgan fingerprint density at radius 2 is 1.79 bits per heavy atom. The summed E-state index contributed by atoms with van der Waals surface area (Å²) in [4.78, 5) is 35.1. The molecule has 180 valence electrons. The Morgan fingerprint density at radius 3 is 2.44 bits per heavy atom. The minimum atomic E-state index is -4.73. The third-order valence-corrected chi connectivity index (χ3v) is 5.52. The highest BCUT2D eigenvalue weighted by atomic mass is 19.4. The number of morpholine rings is 1. The number of benzene rings is 1. The number of ether oxygens (including phenoxy) is 2. The number of halogens is 3. The van der Waals surface area contributed by atoms with Gasteiger partial charge in [-0.2, -0.15) is 18.2 Å². The van der Waals surface area contributed by atoms with Crippen LogP contribution < -0.4 is 0 Å². The first kappa shape index (κ1) is 23.6. The normalized spacial score (nSPS) is 15.4. The number of nitrogens with zero attached hydrogens (tertiary/aromatic N) is 5. The monoisotopic (exact) mass is 477 g/mol. The molecule has 0 spiro atoms. The summed E-state index contributed by atoms with van der Waals surface area (Å²) in [6.07, 6.45) is -6.19. The molecule has 2 aromatic heterocycles. The van der Waals surface area contributed by atoms with Gasteiger partial charge < -0.3 is 14.4 Å². The molecule has 1 aliphatic heterocycles. The van der Waals surface area contributed by atoms with Crippen LogP contribution in [0, 0.1) is 13.8 Å². The van der Waals surface area contributed by atoms with Crippen molar-refractivity contribution in [2.24, 2.45) is 0 Å². The molecule has 1 atom stereocenters. The van der Waals surface area contributed by atoms with Crippen LogP contribution in [0.15, 0.2) is 30.3 Å². The number of aromatic nitrogens is 4. The Bertz CT molecular complexity index is 1210. The Kier molecular flexibility index (Phi) is 6.51. The molecule has 34 heavy (non-hydrogen) atoms. The lowest BCUT2D eigenvalue weighted by molar-refractivity contribution is -0.162. The van der Waals surface area contributed by atoms with Crippen molar-refractivity contribution in [3.05, 3.63) is 58.7 Å². The van der Waals surface area contributed by atoms with Crippen LogP contribution in [0.2, 0.25) is 0 Å². The number of hydrogen-bond donors (Lipinski definition) is 0. The molecule has 1 aromatic carbocycles. The summed E-state index contributed by atoms with van der Waals surface area (Å²) in [6, 6.07) is 8.63. The van der Waals surface area contributed by atoms with E-state index in [1.165, 1.54) is 6.92 Å². The molecule has 0 radical (unpaired) electrons. The molecule has 1 aliphatic rings. The second-order valence-electron chi connectivity index (χ2n) is 7.80. The largest absolute Gasteiger partial charge is 0.453 e. The van der Waals surface area contributed by atoms with Gasteiger partial charge >= 0.3 is 12.1 Å². The summed E-state index contributed by atoms with van der Waals surface area (Å²) in [5.74, 6) is -2.62. The quantitative estimate of drug-likeness (QED) is 0.521. The van der Waals surface area contributed by atoms with Crippen molar-refractivity contribution in [2.75, 3.05) is 26.3 Å². The van der Waals surface area contributed by atoms with Crippen molar-refractivity contribution in [3.8, 4) is 0 Å². The zero-order chi connectivity index (χ0) is 24.5. The molecule has 12 heteroatoms. The number of esters is 1. The topological polar surface area (TPSA) is 98.9 Å². The van der Waals surface area contributed by atoms with E-state index in [1.807, 2.05) is 0 Å². The highest BCUT2D eigenvalue weighted by Crippen LogP contribution is 2.27. The minimum absolute atomic E-state index is 0.218. The van der Waals surface area contributed by atoms with Gasteiger partial charge in [-0.05, 0) is 13.8 Å². The van der Waals surface area contributed by atoms with E-state index in [2.05, 4.69) is 15.1 Å². The van der Waals surface area contributed by atoms with Gasteiger partial charge in [0.2, 0.25) is 6.10 Å². The molecule has 0 saturated carbocycles. The molecule has 9 nitrogen and oxygen atoms in total. The van der Waals surface area contributed by atoms with Gasteiger partial charge in [0.1, 0.15) is 0 Å². The lowest BCUT2D eigenvalue weighted by Crippen LogP contribution is -2.44. The van der Waals surface area contributed by atoms with E-state index in [1.54, 1.807) is 42.2 Å². The van der Waals surface area contributed by atoms with Crippen molar-refractivity contribution in [2.45, 2.75) is 32.5 Å². The van der Waals surface area contributed by atoms with Gasteiger partial charge in [0.05, 0.1) is 19.6 Å². The summed E-state index contributed by atoms with van der Waals surface area (Å²) in [6.45, 7) is 4.63. The molecule has 3 aromatic rings. The van der Waals surface area contributed by atoms with E-state index in [4.69, 9.17) is 9.47 Å². The van der Waals surface area contributed by atoms with Gasteiger partial charge in [0.25, 0.3) is 17.5 Å². The summed E-state index contributed by atoms with van der Waals surface area (Å²) in [5.41, 5.74) is 1.46. The third-order valence-electron chi connectivity index (χ3n) is 5.52. The SMILES string of the molecule is Cc1nc2nc(C(F)(F)F)nn2c(C)c1CC(=O)OC(C(=O)N1CCOCC1)c1ccccc1. The van der Waals surface area contributed by atoms with E-state index >= 15 is 0 Å².